The Kier molecular flexibility index (Phi) is 4.42. The third kappa shape index (κ3) is 3.57. The van der Waals surface area contributed by atoms with Gasteiger partial charge in [-0.3, -0.25) is 4.79 Å². The van der Waals surface area contributed by atoms with Crippen molar-refractivity contribution in [2.45, 2.75) is 13.8 Å². The highest BCUT2D eigenvalue weighted by Crippen LogP contribution is 2.23. The number of fused-ring (bicyclic) bond motifs is 1. The second-order valence-corrected chi connectivity index (χ2v) is 7.01. The van der Waals surface area contributed by atoms with E-state index in [0.29, 0.717) is 16.3 Å². The molecule has 0 fully saturated rings. The first-order chi connectivity index (χ1) is 13.0. The zero-order valence-corrected chi connectivity index (χ0v) is 15.8. The Morgan fingerprint density at radius 1 is 1.00 bits per heavy atom. The number of hydrogen-bond acceptors (Lipinski definition) is 2. The number of hydrogen-bond donors (Lipinski definition) is 2. The highest BCUT2D eigenvalue weighted by molar-refractivity contribution is 6.31. The summed E-state index contributed by atoms with van der Waals surface area (Å²) in [5.41, 5.74) is 6.26. The molecule has 0 aliphatic rings. The first-order valence-electron chi connectivity index (χ1n) is 8.64. The highest BCUT2D eigenvalue weighted by Gasteiger charge is 2.09. The minimum atomic E-state index is -0.179. The van der Waals surface area contributed by atoms with Crippen molar-refractivity contribution in [1.82, 2.24) is 9.97 Å². The average molecular weight is 376 g/mol. The van der Waals surface area contributed by atoms with Crippen LogP contribution in [0.2, 0.25) is 5.02 Å². The molecule has 5 heteroatoms. The predicted molar refractivity (Wildman–Crippen MR) is 110 cm³/mol. The monoisotopic (exact) mass is 375 g/mol. The number of amides is 1. The van der Waals surface area contributed by atoms with Gasteiger partial charge in [0.15, 0.2) is 0 Å². The molecule has 27 heavy (non-hydrogen) atoms. The summed E-state index contributed by atoms with van der Waals surface area (Å²) < 4.78 is 0. The third-order valence-electron chi connectivity index (χ3n) is 4.49. The minimum absolute atomic E-state index is 0.179. The molecule has 3 aromatic carbocycles. The maximum Gasteiger partial charge on any atom is 0.255 e. The lowest BCUT2D eigenvalue weighted by atomic mass is 10.1. The van der Waals surface area contributed by atoms with E-state index in [1.54, 1.807) is 18.2 Å². The second-order valence-electron chi connectivity index (χ2n) is 6.60. The molecule has 0 atom stereocenters. The standard InChI is InChI=1S/C22H18ClN3O/c1-13-3-10-19-20(11-13)26-21(25-19)15-5-7-16(8-6-15)22(27)24-17-9-4-14(2)18(23)12-17/h3-12H,1-2H3,(H,24,27)(H,25,26). The van der Waals surface area contributed by atoms with Crippen LogP contribution in [0.25, 0.3) is 22.4 Å². The summed E-state index contributed by atoms with van der Waals surface area (Å²) in [7, 11) is 0. The Balaban J connectivity index is 1.55. The van der Waals surface area contributed by atoms with Gasteiger partial charge in [-0.15, -0.1) is 0 Å². The van der Waals surface area contributed by atoms with Gasteiger partial charge in [-0.1, -0.05) is 35.9 Å². The van der Waals surface area contributed by atoms with Gasteiger partial charge in [0.2, 0.25) is 0 Å². The quantitative estimate of drug-likeness (QED) is 0.478. The molecule has 0 saturated heterocycles. The van der Waals surface area contributed by atoms with Crippen LogP contribution in [0.1, 0.15) is 21.5 Å². The van der Waals surface area contributed by atoms with E-state index >= 15 is 0 Å². The van der Waals surface area contributed by atoms with E-state index < -0.39 is 0 Å². The summed E-state index contributed by atoms with van der Waals surface area (Å²) in [6.45, 7) is 3.97. The summed E-state index contributed by atoms with van der Waals surface area (Å²) in [5.74, 6) is 0.606. The number of nitrogens with zero attached hydrogens (tertiary/aromatic N) is 1. The van der Waals surface area contributed by atoms with Gasteiger partial charge in [-0.25, -0.2) is 4.98 Å². The molecule has 1 amide bonds. The molecule has 0 bridgehead atoms. The van der Waals surface area contributed by atoms with Crippen molar-refractivity contribution in [1.29, 1.82) is 0 Å². The van der Waals surface area contributed by atoms with Crippen molar-refractivity contribution >= 4 is 34.2 Å². The van der Waals surface area contributed by atoms with Gasteiger partial charge in [-0.2, -0.15) is 0 Å². The van der Waals surface area contributed by atoms with E-state index in [2.05, 4.69) is 28.3 Å². The van der Waals surface area contributed by atoms with Crippen LogP contribution < -0.4 is 5.32 Å². The van der Waals surface area contributed by atoms with Gasteiger partial charge in [0.1, 0.15) is 5.82 Å². The Hall–Kier alpha value is -3.11. The van der Waals surface area contributed by atoms with E-state index in [-0.39, 0.29) is 5.91 Å². The van der Waals surface area contributed by atoms with Gasteiger partial charge < -0.3 is 10.3 Å². The number of imidazole rings is 1. The molecule has 0 radical (unpaired) electrons. The number of rotatable bonds is 3. The minimum Gasteiger partial charge on any atom is -0.338 e. The van der Waals surface area contributed by atoms with Crippen LogP contribution in [0.5, 0.6) is 0 Å². The van der Waals surface area contributed by atoms with Crippen LogP contribution in [-0.4, -0.2) is 15.9 Å². The summed E-state index contributed by atoms with van der Waals surface area (Å²) in [5, 5.41) is 3.49. The van der Waals surface area contributed by atoms with Crippen LogP contribution in [0.15, 0.2) is 60.7 Å². The number of aryl methyl sites for hydroxylation is 2. The van der Waals surface area contributed by atoms with Gasteiger partial charge in [-0.05, 0) is 61.4 Å². The predicted octanol–water partition coefficient (Wildman–Crippen LogP) is 5.75. The number of H-pyrrole nitrogens is 1. The van der Waals surface area contributed by atoms with Crippen LogP contribution >= 0.6 is 11.6 Å². The van der Waals surface area contributed by atoms with E-state index in [9.17, 15) is 4.79 Å². The fourth-order valence-electron chi connectivity index (χ4n) is 2.91. The first kappa shape index (κ1) is 17.3. The maximum absolute atomic E-state index is 12.5. The average Bonchev–Trinajstić information content (AvgIpc) is 3.08. The number of carbonyl (C=O) groups is 1. The van der Waals surface area contributed by atoms with Gasteiger partial charge >= 0.3 is 0 Å². The Morgan fingerprint density at radius 2 is 1.78 bits per heavy atom. The topological polar surface area (TPSA) is 57.8 Å². The fourth-order valence-corrected chi connectivity index (χ4v) is 3.09. The summed E-state index contributed by atoms with van der Waals surface area (Å²) >= 11 is 6.11. The number of carbonyl (C=O) groups excluding carboxylic acids is 1. The first-order valence-corrected chi connectivity index (χ1v) is 9.02. The van der Waals surface area contributed by atoms with Gasteiger partial charge in [0, 0.05) is 21.8 Å². The molecule has 0 aliphatic carbocycles. The molecule has 2 N–H and O–H groups in total. The number of anilines is 1. The molecule has 1 heterocycles. The molecule has 0 unspecified atom stereocenters. The van der Waals surface area contributed by atoms with Crippen molar-refractivity contribution in [3.05, 3.63) is 82.4 Å². The summed E-state index contributed by atoms with van der Waals surface area (Å²) in [6, 6.07) is 18.9. The van der Waals surface area contributed by atoms with Crippen molar-refractivity contribution in [2.24, 2.45) is 0 Å². The lowest BCUT2D eigenvalue weighted by molar-refractivity contribution is 0.102. The van der Waals surface area contributed by atoms with E-state index in [1.807, 2.05) is 43.3 Å². The Morgan fingerprint density at radius 3 is 2.52 bits per heavy atom. The van der Waals surface area contributed by atoms with E-state index in [4.69, 9.17) is 11.6 Å². The van der Waals surface area contributed by atoms with E-state index in [0.717, 1.165) is 28.0 Å². The summed E-state index contributed by atoms with van der Waals surface area (Å²) in [6.07, 6.45) is 0. The van der Waals surface area contributed by atoms with Crippen LogP contribution in [0, 0.1) is 13.8 Å². The van der Waals surface area contributed by atoms with Gasteiger partial charge in [0.25, 0.3) is 5.91 Å². The fraction of sp³-hybridized carbons (Fsp3) is 0.0909. The maximum atomic E-state index is 12.5. The van der Waals surface area contributed by atoms with Crippen molar-refractivity contribution in [3.63, 3.8) is 0 Å². The zero-order valence-electron chi connectivity index (χ0n) is 15.0. The zero-order chi connectivity index (χ0) is 19.0. The van der Waals surface area contributed by atoms with Gasteiger partial charge in [0.05, 0.1) is 11.0 Å². The number of aromatic amines is 1. The summed E-state index contributed by atoms with van der Waals surface area (Å²) in [4.78, 5) is 20.4. The highest BCUT2D eigenvalue weighted by atomic mass is 35.5. The van der Waals surface area contributed by atoms with Crippen LogP contribution in [-0.2, 0) is 0 Å². The number of nitrogens with one attached hydrogen (secondary N) is 2. The molecule has 0 spiro atoms. The molecule has 134 valence electrons. The van der Waals surface area contributed by atoms with Crippen molar-refractivity contribution < 1.29 is 4.79 Å². The lowest BCUT2D eigenvalue weighted by Crippen LogP contribution is -2.11. The number of halogens is 1. The number of aromatic nitrogens is 2. The van der Waals surface area contributed by atoms with Crippen molar-refractivity contribution in [3.8, 4) is 11.4 Å². The lowest BCUT2D eigenvalue weighted by Gasteiger charge is -2.07. The molecule has 0 aliphatic heterocycles. The normalized spacial score (nSPS) is 10.9. The smallest absolute Gasteiger partial charge is 0.255 e. The number of benzene rings is 3. The molecular formula is C22H18ClN3O. The largest absolute Gasteiger partial charge is 0.338 e. The van der Waals surface area contributed by atoms with Crippen LogP contribution in [0.3, 0.4) is 0 Å². The molecule has 0 saturated carbocycles. The Bertz CT molecular complexity index is 1150. The second kappa shape index (κ2) is 6.89. The molecule has 4 nitrogen and oxygen atoms in total. The third-order valence-corrected chi connectivity index (χ3v) is 4.89. The molecule has 4 aromatic rings. The molecular weight excluding hydrogens is 358 g/mol. The van der Waals surface area contributed by atoms with E-state index in [1.165, 1.54) is 5.56 Å². The molecule has 4 rings (SSSR count). The van der Waals surface area contributed by atoms with Crippen molar-refractivity contribution in [2.75, 3.05) is 5.32 Å². The van der Waals surface area contributed by atoms with Crippen LogP contribution in [0.4, 0.5) is 5.69 Å². The SMILES string of the molecule is Cc1ccc2nc(-c3ccc(C(=O)Nc4ccc(C)c(Cl)c4)cc3)[nH]c2c1. The Labute approximate surface area is 162 Å². The molecule has 1 aromatic heterocycles.